The van der Waals surface area contributed by atoms with Gasteiger partial charge in [-0.25, -0.2) is 9.78 Å². The van der Waals surface area contributed by atoms with Crippen LogP contribution in [0.1, 0.15) is 17.7 Å². The summed E-state index contributed by atoms with van der Waals surface area (Å²) in [4.78, 5) is 57.0. The van der Waals surface area contributed by atoms with E-state index < -0.39 is 47.9 Å². The molecule has 2 rings (SSSR count). The van der Waals surface area contributed by atoms with Crippen LogP contribution in [-0.2, 0) is 32.0 Å². The minimum atomic E-state index is -1.26. The quantitative estimate of drug-likeness (QED) is 0.134. The molecule has 2 aromatic rings. The highest BCUT2D eigenvalue weighted by Gasteiger charge is 2.30. The van der Waals surface area contributed by atoms with E-state index in [0.29, 0.717) is 11.4 Å². The maximum Gasteiger partial charge on any atom is 0.327 e. The molecule has 0 bridgehead atoms. The van der Waals surface area contributed by atoms with Crippen molar-refractivity contribution >= 4 is 48.1 Å². The average Bonchev–Trinajstić information content (AvgIpc) is 3.38. The van der Waals surface area contributed by atoms with Crippen LogP contribution in [0.2, 0.25) is 0 Å². The van der Waals surface area contributed by atoms with Crippen molar-refractivity contribution in [2.45, 2.75) is 43.4 Å². The molecule has 0 aliphatic heterocycles. The Morgan fingerprint density at radius 1 is 1.03 bits per heavy atom. The number of carbonyl (C=O) groups is 4. The molecule has 0 spiro atoms. The van der Waals surface area contributed by atoms with Crippen LogP contribution in [0.5, 0.6) is 5.75 Å². The molecule has 1 heterocycles. The fraction of sp³-hybridized carbons (Fsp3) is 0.435. The smallest absolute Gasteiger partial charge is 0.327 e. The van der Waals surface area contributed by atoms with Gasteiger partial charge in [0.05, 0.1) is 12.4 Å². The van der Waals surface area contributed by atoms with E-state index in [0.717, 1.165) is 5.56 Å². The fourth-order valence-electron chi connectivity index (χ4n) is 3.32. The molecule has 0 aliphatic rings. The molecule has 12 nitrogen and oxygen atoms in total. The Labute approximate surface area is 224 Å². The Morgan fingerprint density at radius 2 is 1.65 bits per heavy atom. The topological polar surface area (TPSA) is 200 Å². The number of benzene rings is 1. The number of thioether (sulfide) groups is 1. The van der Waals surface area contributed by atoms with Gasteiger partial charge in [0.1, 0.15) is 23.9 Å². The highest BCUT2D eigenvalue weighted by Crippen LogP contribution is 2.11. The molecule has 202 valence electrons. The summed E-state index contributed by atoms with van der Waals surface area (Å²) < 4.78 is 0. The van der Waals surface area contributed by atoms with Crippen molar-refractivity contribution in [3.05, 3.63) is 48.0 Å². The summed E-state index contributed by atoms with van der Waals surface area (Å²) in [7, 11) is 0. The maximum atomic E-state index is 13.2. The second-order valence-electron chi connectivity index (χ2n) is 8.24. The van der Waals surface area contributed by atoms with Crippen molar-refractivity contribution in [1.29, 1.82) is 0 Å². The monoisotopic (exact) mass is 552 g/mol. The first-order chi connectivity index (χ1) is 17.6. The molecule has 0 fully saturated rings. The van der Waals surface area contributed by atoms with Crippen LogP contribution in [-0.4, -0.2) is 85.8 Å². The van der Waals surface area contributed by atoms with Crippen molar-refractivity contribution in [1.82, 2.24) is 25.9 Å². The predicted octanol–water partition coefficient (Wildman–Crippen LogP) is -0.550. The van der Waals surface area contributed by atoms with E-state index >= 15 is 0 Å². The number of carbonyl (C=O) groups excluding carboxylic acids is 3. The first-order valence-corrected chi connectivity index (χ1v) is 13.4. The molecule has 37 heavy (non-hydrogen) atoms. The molecule has 14 heteroatoms. The summed E-state index contributed by atoms with van der Waals surface area (Å²) in [5.74, 6) is -2.65. The lowest BCUT2D eigenvalue weighted by atomic mass is 10.0. The van der Waals surface area contributed by atoms with Gasteiger partial charge in [-0.05, 0) is 42.5 Å². The van der Waals surface area contributed by atoms with Crippen molar-refractivity contribution < 1.29 is 29.4 Å². The zero-order valence-corrected chi connectivity index (χ0v) is 21.9. The highest BCUT2D eigenvalue weighted by atomic mass is 32.2. The standard InChI is InChI=1S/C23H32N6O6S2/c1-37-7-6-17(27-20(31)16(24)8-13-2-4-15(30)5-3-13)21(32)28-18(9-14-10-25-12-26-14)22(33)29-19(11-36)23(34)35/h2-5,10,12,16-19,30,36H,6-9,11,24H2,1H3,(H,25,26)(H,27,31)(H,28,32)(H,29,33)(H,34,35). The Kier molecular flexibility index (Phi) is 12.3. The minimum absolute atomic E-state index is 0.0139. The third kappa shape index (κ3) is 9.98. The fourth-order valence-corrected chi connectivity index (χ4v) is 4.04. The number of carboxylic acids is 1. The number of aromatic hydroxyl groups is 1. The van der Waals surface area contributed by atoms with Crippen LogP contribution in [0, 0.1) is 0 Å². The minimum Gasteiger partial charge on any atom is -0.508 e. The number of nitrogens with zero attached hydrogens (tertiary/aromatic N) is 1. The van der Waals surface area contributed by atoms with E-state index in [1.165, 1.54) is 36.4 Å². The van der Waals surface area contributed by atoms with Crippen LogP contribution in [0.3, 0.4) is 0 Å². The summed E-state index contributed by atoms with van der Waals surface area (Å²) in [6, 6.07) is 1.94. The molecule has 3 amide bonds. The normalized spacial score (nSPS) is 14.1. The lowest BCUT2D eigenvalue weighted by Gasteiger charge is -2.25. The molecule has 0 saturated carbocycles. The van der Waals surface area contributed by atoms with Crippen LogP contribution < -0.4 is 21.7 Å². The number of amides is 3. The molecule has 0 aliphatic carbocycles. The van der Waals surface area contributed by atoms with Gasteiger partial charge in [-0.15, -0.1) is 0 Å². The van der Waals surface area contributed by atoms with Crippen LogP contribution in [0.4, 0.5) is 0 Å². The van der Waals surface area contributed by atoms with E-state index in [1.807, 2.05) is 6.26 Å². The summed E-state index contributed by atoms with van der Waals surface area (Å²) in [5.41, 5.74) is 7.33. The van der Waals surface area contributed by atoms with Gasteiger partial charge >= 0.3 is 5.97 Å². The Hall–Kier alpha value is -3.23. The van der Waals surface area contributed by atoms with Gasteiger partial charge in [0, 0.05) is 24.1 Å². The predicted molar refractivity (Wildman–Crippen MR) is 142 cm³/mol. The number of thiol groups is 1. The number of phenols is 1. The maximum absolute atomic E-state index is 13.2. The van der Waals surface area contributed by atoms with E-state index in [9.17, 15) is 29.4 Å². The van der Waals surface area contributed by atoms with Gasteiger partial charge in [-0.1, -0.05) is 12.1 Å². The number of imidazole rings is 1. The number of aliphatic carboxylic acids is 1. The number of nitrogens with one attached hydrogen (secondary N) is 4. The molecule has 0 saturated heterocycles. The molecular formula is C23H32N6O6S2. The summed E-state index contributed by atoms with van der Waals surface area (Å²) >= 11 is 5.43. The Balaban J connectivity index is 2.12. The first-order valence-electron chi connectivity index (χ1n) is 11.4. The third-order valence-corrected chi connectivity index (χ3v) is 6.39. The molecule has 0 radical (unpaired) electrons. The number of phenolic OH excluding ortho intramolecular Hbond substituents is 1. The van der Waals surface area contributed by atoms with E-state index in [1.54, 1.807) is 12.1 Å². The number of nitrogens with two attached hydrogens (primary N) is 1. The zero-order chi connectivity index (χ0) is 27.4. The van der Waals surface area contributed by atoms with Gasteiger partial charge in [-0.2, -0.15) is 24.4 Å². The summed E-state index contributed by atoms with van der Waals surface area (Å²) in [6.07, 6.45) is 5.23. The van der Waals surface area contributed by atoms with Gasteiger partial charge in [0.15, 0.2) is 0 Å². The lowest BCUT2D eigenvalue weighted by Crippen LogP contribution is -2.58. The van der Waals surface area contributed by atoms with Crippen LogP contribution in [0.25, 0.3) is 0 Å². The Bertz CT molecular complexity index is 1040. The first kappa shape index (κ1) is 30.0. The second-order valence-corrected chi connectivity index (χ2v) is 9.59. The Morgan fingerprint density at radius 3 is 2.22 bits per heavy atom. The largest absolute Gasteiger partial charge is 0.508 e. The van der Waals surface area contributed by atoms with Crippen molar-refractivity contribution in [2.24, 2.45) is 5.73 Å². The number of aromatic amines is 1. The molecule has 1 aromatic heterocycles. The van der Waals surface area contributed by atoms with E-state index in [2.05, 4.69) is 38.5 Å². The lowest BCUT2D eigenvalue weighted by molar-refractivity contribution is -0.141. The second kappa shape index (κ2) is 15.1. The molecule has 1 aromatic carbocycles. The van der Waals surface area contributed by atoms with Gasteiger partial charge in [0.2, 0.25) is 17.7 Å². The SMILES string of the molecule is CSCCC(NC(=O)C(N)Cc1ccc(O)cc1)C(=O)NC(Cc1cnc[nH]1)C(=O)NC(CS)C(=O)O. The number of hydrogen-bond donors (Lipinski definition) is 8. The highest BCUT2D eigenvalue weighted by molar-refractivity contribution is 7.98. The van der Waals surface area contributed by atoms with E-state index in [4.69, 9.17) is 5.73 Å². The number of hydrogen-bond acceptors (Lipinski definition) is 9. The number of H-pyrrole nitrogens is 1. The third-order valence-electron chi connectivity index (χ3n) is 5.38. The van der Waals surface area contributed by atoms with Gasteiger partial charge in [-0.3, -0.25) is 14.4 Å². The van der Waals surface area contributed by atoms with Crippen LogP contribution in [0.15, 0.2) is 36.8 Å². The number of carboxylic acid groups (broad SMARTS) is 1. The van der Waals surface area contributed by atoms with Crippen molar-refractivity contribution in [3.8, 4) is 5.75 Å². The summed E-state index contributed by atoms with van der Waals surface area (Å²) in [6.45, 7) is 0. The van der Waals surface area contributed by atoms with Crippen molar-refractivity contribution in [2.75, 3.05) is 17.8 Å². The van der Waals surface area contributed by atoms with E-state index in [-0.39, 0.29) is 30.8 Å². The molecular weight excluding hydrogens is 520 g/mol. The summed E-state index contributed by atoms with van der Waals surface area (Å²) in [5, 5.41) is 26.3. The van der Waals surface area contributed by atoms with Gasteiger partial charge in [0.25, 0.3) is 0 Å². The number of aromatic nitrogens is 2. The molecule has 8 N–H and O–H groups in total. The average molecular weight is 553 g/mol. The number of rotatable bonds is 15. The van der Waals surface area contributed by atoms with Crippen LogP contribution >= 0.6 is 24.4 Å². The van der Waals surface area contributed by atoms with Gasteiger partial charge < -0.3 is 36.9 Å². The van der Waals surface area contributed by atoms with Crippen molar-refractivity contribution in [3.63, 3.8) is 0 Å². The molecule has 4 unspecified atom stereocenters. The zero-order valence-electron chi connectivity index (χ0n) is 20.2. The molecule has 4 atom stereocenters.